The molecule has 2 unspecified atom stereocenters. The SMILES string of the molecule is CN(C)CC1CCN(C2CCCC2C#N)CC1. The minimum Gasteiger partial charge on any atom is -0.309 e. The van der Waals surface area contributed by atoms with Gasteiger partial charge in [-0.3, -0.25) is 4.90 Å². The lowest BCUT2D eigenvalue weighted by Crippen LogP contribution is -2.44. The van der Waals surface area contributed by atoms with Crippen LogP contribution in [0.2, 0.25) is 0 Å². The lowest BCUT2D eigenvalue weighted by Gasteiger charge is -2.37. The topological polar surface area (TPSA) is 30.3 Å². The molecule has 0 radical (unpaired) electrons. The molecular formula is C14H25N3. The van der Waals surface area contributed by atoms with Gasteiger partial charge in [-0.25, -0.2) is 0 Å². The maximum atomic E-state index is 9.15. The minimum absolute atomic E-state index is 0.306. The smallest absolute Gasteiger partial charge is 0.0672 e. The van der Waals surface area contributed by atoms with Crippen LogP contribution in [0, 0.1) is 23.2 Å². The summed E-state index contributed by atoms with van der Waals surface area (Å²) in [4.78, 5) is 4.89. The van der Waals surface area contributed by atoms with Gasteiger partial charge in [0.2, 0.25) is 0 Å². The van der Waals surface area contributed by atoms with Crippen LogP contribution >= 0.6 is 0 Å². The molecule has 96 valence electrons. The first-order chi connectivity index (χ1) is 8.20. The average molecular weight is 235 g/mol. The number of likely N-dealkylation sites (tertiary alicyclic amines) is 1. The third-order valence-electron chi connectivity index (χ3n) is 4.39. The highest BCUT2D eigenvalue weighted by Crippen LogP contribution is 2.32. The van der Waals surface area contributed by atoms with Gasteiger partial charge < -0.3 is 4.90 Å². The lowest BCUT2D eigenvalue weighted by molar-refractivity contribution is 0.110. The molecule has 2 atom stereocenters. The van der Waals surface area contributed by atoms with Crippen LogP contribution in [0.5, 0.6) is 0 Å². The van der Waals surface area contributed by atoms with Gasteiger partial charge in [-0.05, 0) is 58.8 Å². The molecule has 3 nitrogen and oxygen atoms in total. The third kappa shape index (κ3) is 3.20. The van der Waals surface area contributed by atoms with E-state index in [2.05, 4.69) is 30.0 Å². The molecule has 2 fully saturated rings. The largest absolute Gasteiger partial charge is 0.309 e. The zero-order valence-electron chi connectivity index (χ0n) is 11.2. The van der Waals surface area contributed by atoms with Crippen LogP contribution in [0.1, 0.15) is 32.1 Å². The van der Waals surface area contributed by atoms with E-state index in [1.54, 1.807) is 0 Å². The summed E-state index contributed by atoms with van der Waals surface area (Å²) in [5.41, 5.74) is 0. The van der Waals surface area contributed by atoms with Crippen molar-refractivity contribution in [1.82, 2.24) is 9.80 Å². The van der Waals surface area contributed by atoms with E-state index in [9.17, 15) is 0 Å². The second-order valence-corrected chi connectivity index (χ2v) is 5.98. The molecule has 0 N–H and O–H groups in total. The van der Waals surface area contributed by atoms with Crippen LogP contribution in [0.3, 0.4) is 0 Å². The molecule has 2 rings (SSSR count). The van der Waals surface area contributed by atoms with E-state index in [0.29, 0.717) is 12.0 Å². The van der Waals surface area contributed by atoms with Crippen molar-refractivity contribution in [2.24, 2.45) is 11.8 Å². The van der Waals surface area contributed by atoms with Crippen molar-refractivity contribution >= 4 is 0 Å². The fourth-order valence-corrected chi connectivity index (χ4v) is 3.51. The first kappa shape index (κ1) is 12.9. The Morgan fingerprint density at radius 1 is 1.18 bits per heavy atom. The van der Waals surface area contributed by atoms with Gasteiger partial charge in [0.05, 0.1) is 12.0 Å². The molecule has 0 bridgehead atoms. The summed E-state index contributed by atoms with van der Waals surface area (Å²) in [7, 11) is 4.32. The Labute approximate surface area is 105 Å². The number of piperidine rings is 1. The lowest BCUT2D eigenvalue weighted by atomic mass is 9.93. The number of nitriles is 1. The Bertz CT molecular complexity index is 274. The summed E-state index contributed by atoms with van der Waals surface area (Å²) in [5.74, 6) is 1.17. The van der Waals surface area contributed by atoms with Crippen LogP contribution in [0.25, 0.3) is 0 Å². The van der Waals surface area contributed by atoms with E-state index in [-0.39, 0.29) is 0 Å². The second-order valence-electron chi connectivity index (χ2n) is 5.98. The van der Waals surface area contributed by atoms with Gasteiger partial charge in [0.1, 0.15) is 0 Å². The summed E-state index contributed by atoms with van der Waals surface area (Å²) in [6.45, 7) is 3.64. The minimum atomic E-state index is 0.306. The highest BCUT2D eigenvalue weighted by Gasteiger charge is 2.33. The van der Waals surface area contributed by atoms with Gasteiger partial charge in [0, 0.05) is 12.6 Å². The van der Waals surface area contributed by atoms with Crippen molar-refractivity contribution in [2.45, 2.75) is 38.1 Å². The molecule has 0 aromatic carbocycles. The Hall–Kier alpha value is -0.590. The molecule has 1 aliphatic carbocycles. The molecule has 0 aromatic rings. The van der Waals surface area contributed by atoms with Gasteiger partial charge in [0.25, 0.3) is 0 Å². The molecule has 1 saturated heterocycles. The van der Waals surface area contributed by atoms with Crippen molar-refractivity contribution in [2.75, 3.05) is 33.7 Å². The molecule has 0 amide bonds. The van der Waals surface area contributed by atoms with Gasteiger partial charge in [-0.15, -0.1) is 0 Å². The van der Waals surface area contributed by atoms with E-state index in [0.717, 1.165) is 12.3 Å². The molecule has 1 saturated carbocycles. The number of hydrogen-bond donors (Lipinski definition) is 0. The predicted octanol–water partition coefficient (Wildman–Crippen LogP) is 1.95. The van der Waals surface area contributed by atoms with Crippen LogP contribution in [-0.4, -0.2) is 49.6 Å². The number of hydrogen-bond acceptors (Lipinski definition) is 3. The maximum absolute atomic E-state index is 9.15. The van der Waals surface area contributed by atoms with Crippen LogP contribution in [-0.2, 0) is 0 Å². The van der Waals surface area contributed by atoms with Crippen LogP contribution in [0.4, 0.5) is 0 Å². The normalized spacial score (nSPS) is 31.9. The Balaban J connectivity index is 1.81. The molecule has 0 spiro atoms. The fourth-order valence-electron chi connectivity index (χ4n) is 3.51. The summed E-state index contributed by atoms with van der Waals surface area (Å²) >= 11 is 0. The van der Waals surface area contributed by atoms with Crippen molar-refractivity contribution in [3.63, 3.8) is 0 Å². The number of rotatable bonds is 3. The second kappa shape index (κ2) is 5.84. The average Bonchev–Trinajstić information content (AvgIpc) is 2.77. The highest BCUT2D eigenvalue weighted by atomic mass is 15.2. The molecule has 2 aliphatic rings. The molecule has 0 aromatic heterocycles. The highest BCUT2D eigenvalue weighted by molar-refractivity contribution is 4.98. The van der Waals surface area contributed by atoms with Gasteiger partial charge in [0.15, 0.2) is 0 Å². The maximum Gasteiger partial charge on any atom is 0.0672 e. The molecule has 1 aliphatic heterocycles. The standard InChI is InChI=1S/C14H25N3/c1-16(2)11-12-6-8-17(9-7-12)14-5-3-4-13(14)10-15/h12-14H,3-9,11H2,1-2H3. The van der Waals surface area contributed by atoms with E-state index >= 15 is 0 Å². The third-order valence-corrected chi connectivity index (χ3v) is 4.39. The van der Waals surface area contributed by atoms with E-state index in [4.69, 9.17) is 5.26 Å². The predicted molar refractivity (Wildman–Crippen MR) is 69.6 cm³/mol. The monoisotopic (exact) mass is 235 g/mol. The zero-order valence-corrected chi connectivity index (χ0v) is 11.2. The number of nitrogens with zero attached hydrogens (tertiary/aromatic N) is 3. The van der Waals surface area contributed by atoms with Crippen molar-refractivity contribution in [3.8, 4) is 6.07 Å². The van der Waals surface area contributed by atoms with Crippen molar-refractivity contribution in [3.05, 3.63) is 0 Å². The van der Waals surface area contributed by atoms with Gasteiger partial charge >= 0.3 is 0 Å². The first-order valence-electron chi connectivity index (χ1n) is 6.99. The van der Waals surface area contributed by atoms with Crippen LogP contribution in [0.15, 0.2) is 0 Å². The summed E-state index contributed by atoms with van der Waals surface area (Å²) in [5, 5.41) is 9.15. The Kier molecular flexibility index (Phi) is 4.42. The van der Waals surface area contributed by atoms with Crippen molar-refractivity contribution < 1.29 is 0 Å². The molecule has 3 heteroatoms. The molecular weight excluding hydrogens is 210 g/mol. The van der Waals surface area contributed by atoms with Crippen molar-refractivity contribution in [1.29, 1.82) is 5.26 Å². The first-order valence-corrected chi connectivity index (χ1v) is 6.99. The summed E-state index contributed by atoms with van der Waals surface area (Å²) in [6, 6.07) is 3.07. The summed E-state index contributed by atoms with van der Waals surface area (Å²) in [6.07, 6.45) is 6.25. The summed E-state index contributed by atoms with van der Waals surface area (Å²) < 4.78 is 0. The van der Waals surface area contributed by atoms with E-state index in [1.165, 1.54) is 45.3 Å². The quantitative estimate of drug-likeness (QED) is 0.749. The molecule has 17 heavy (non-hydrogen) atoms. The van der Waals surface area contributed by atoms with E-state index < -0.39 is 0 Å². The van der Waals surface area contributed by atoms with E-state index in [1.807, 2.05) is 0 Å². The van der Waals surface area contributed by atoms with Crippen LogP contribution < -0.4 is 0 Å². The zero-order chi connectivity index (χ0) is 12.3. The Morgan fingerprint density at radius 3 is 2.47 bits per heavy atom. The Morgan fingerprint density at radius 2 is 1.88 bits per heavy atom. The molecule has 1 heterocycles. The van der Waals surface area contributed by atoms with Gasteiger partial charge in [-0.1, -0.05) is 6.42 Å². The fraction of sp³-hybridized carbons (Fsp3) is 0.929. The van der Waals surface area contributed by atoms with Gasteiger partial charge in [-0.2, -0.15) is 5.26 Å².